The molecule has 3 atom stereocenters. The van der Waals surface area contributed by atoms with Crippen LogP contribution in [0.3, 0.4) is 0 Å². The van der Waals surface area contributed by atoms with Gasteiger partial charge in [0.25, 0.3) is 0 Å². The van der Waals surface area contributed by atoms with Crippen LogP contribution in [-0.2, 0) is 0 Å². The summed E-state index contributed by atoms with van der Waals surface area (Å²) in [6.45, 7) is 0. The number of nitrogens with two attached hydrogens (primary N) is 1. The van der Waals surface area contributed by atoms with Crippen LogP contribution in [0.4, 0.5) is 0 Å². The summed E-state index contributed by atoms with van der Waals surface area (Å²) >= 11 is 0. The van der Waals surface area contributed by atoms with Gasteiger partial charge in [0.05, 0.1) is 0 Å². The van der Waals surface area contributed by atoms with Gasteiger partial charge in [0.2, 0.25) is 0 Å². The van der Waals surface area contributed by atoms with Gasteiger partial charge in [-0.2, -0.15) is 0 Å². The molecule has 1 aromatic carbocycles. The zero-order valence-corrected chi connectivity index (χ0v) is 10.4. The molecule has 3 unspecified atom stereocenters. The second-order valence-corrected chi connectivity index (χ2v) is 5.81. The fourth-order valence-electron chi connectivity index (χ4n) is 4.04. The van der Waals surface area contributed by atoms with Crippen molar-refractivity contribution >= 4 is 10.8 Å². The lowest BCUT2D eigenvalue weighted by molar-refractivity contribution is 0.504. The normalized spacial score (nSPS) is 31.3. The van der Waals surface area contributed by atoms with Crippen LogP contribution in [0.2, 0.25) is 0 Å². The number of rotatable bonds is 2. The highest BCUT2D eigenvalue weighted by Crippen LogP contribution is 2.61. The van der Waals surface area contributed by atoms with E-state index < -0.39 is 0 Å². The molecule has 92 valence electrons. The van der Waals surface area contributed by atoms with Crippen molar-refractivity contribution in [3.8, 4) is 0 Å². The Balaban J connectivity index is 1.74. The van der Waals surface area contributed by atoms with Crippen molar-refractivity contribution in [3.63, 3.8) is 0 Å². The minimum atomic E-state index is 0.202. The molecule has 2 heteroatoms. The van der Waals surface area contributed by atoms with Crippen LogP contribution < -0.4 is 5.73 Å². The third-order valence-corrected chi connectivity index (χ3v) is 4.96. The minimum Gasteiger partial charge on any atom is -0.324 e. The SMILES string of the molecule is NC(c1cccc2ccncc12)C1C2CCCC21. The quantitative estimate of drug-likeness (QED) is 0.872. The Labute approximate surface area is 107 Å². The van der Waals surface area contributed by atoms with Gasteiger partial charge in [-0.1, -0.05) is 24.6 Å². The Bertz CT molecular complexity index is 577. The van der Waals surface area contributed by atoms with Gasteiger partial charge in [-0.3, -0.25) is 4.98 Å². The molecular formula is C16H18N2. The number of benzene rings is 1. The number of pyridine rings is 1. The maximum atomic E-state index is 6.53. The van der Waals surface area contributed by atoms with Crippen LogP contribution in [0.5, 0.6) is 0 Å². The van der Waals surface area contributed by atoms with E-state index in [1.807, 2.05) is 12.4 Å². The van der Waals surface area contributed by atoms with Crippen LogP contribution in [0.25, 0.3) is 10.8 Å². The van der Waals surface area contributed by atoms with Gasteiger partial charge in [-0.25, -0.2) is 0 Å². The van der Waals surface area contributed by atoms with E-state index in [9.17, 15) is 0 Å². The molecule has 2 aliphatic carbocycles. The number of hydrogen-bond acceptors (Lipinski definition) is 2. The van der Waals surface area contributed by atoms with Crippen LogP contribution in [0, 0.1) is 17.8 Å². The molecule has 2 fully saturated rings. The lowest BCUT2D eigenvalue weighted by Crippen LogP contribution is -2.15. The van der Waals surface area contributed by atoms with Crippen molar-refractivity contribution in [2.75, 3.05) is 0 Å². The van der Waals surface area contributed by atoms with E-state index in [0.29, 0.717) is 0 Å². The smallest absolute Gasteiger partial charge is 0.0349 e. The van der Waals surface area contributed by atoms with Crippen LogP contribution >= 0.6 is 0 Å². The lowest BCUT2D eigenvalue weighted by Gasteiger charge is -2.16. The Hall–Kier alpha value is -1.41. The summed E-state index contributed by atoms with van der Waals surface area (Å²) in [5.41, 5.74) is 7.82. The van der Waals surface area contributed by atoms with E-state index in [2.05, 4.69) is 29.2 Å². The summed E-state index contributed by atoms with van der Waals surface area (Å²) in [5.74, 6) is 2.54. The average Bonchev–Trinajstić information content (AvgIpc) is 2.90. The highest BCUT2D eigenvalue weighted by atomic mass is 14.8. The molecule has 2 saturated carbocycles. The zero-order valence-electron chi connectivity index (χ0n) is 10.4. The molecule has 2 aromatic rings. The van der Waals surface area contributed by atoms with Gasteiger partial charge >= 0.3 is 0 Å². The molecule has 2 N–H and O–H groups in total. The van der Waals surface area contributed by atoms with Crippen molar-refractivity contribution in [1.82, 2.24) is 4.98 Å². The largest absolute Gasteiger partial charge is 0.324 e. The summed E-state index contributed by atoms with van der Waals surface area (Å²) in [5, 5.41) is 2.49. The van der Waals surface area contributed by atoms with E-state index >= 15 is 0 Å². The molecule has 18 heavy (non-hydrogen) atoms. The van der Waals surface area contributed by atoms with Crippen molar-refractivity contribution in [1.29, 1.82) is 0 Å². The maximum Gasteiger partial charge on any atom is 0.0349 e. The number of hydrogen-bond donors (Lipinski definition) is 1. The Morgan fingerprint density at radius 3 is 2.83 bits per heavy atom. The molecule has 0 aliphatic heterocycles. The monoisotopic (exact) mass is 238 g/mol. The zero-order chi connectivity index (χ0) is 12.1. The second kappa shape index (κ2) is 3.79. The predicted molar refractivity (Wildman–Crippen MR) is 73.0 cm³/mol. The molecule has 4 rings (SSSR count). The Morgan fingerprint density at radius 2 is 2.00 bits per heavy atom. The second-order valence-electron chi connectivity index (χ2n) is 5.81. The van der Waals surface area contributed by atoms with E-state index in [-0.39, 0.29) is 6.04 Å². The van der Waals surface area contributed by atoms with Crippen molar-refractivity contribution in [2.45, 2.75) is 25.3 Å². The Morgan fingerprint density at radius 1 is 1.17 bits per heavy atom. The van der Waals surface area contributed by atoms with E-state index in [1.54, 1.807) is 0 Å². The first-order chi connectivity index (χ1) is 8.86. The third-order valence-electron chi connectivity index (χ3n) is 4.96. The first-order valence-electron chi connectivity index (χ1n) is 6.94. The summed E-state index contributed by atoms with van der Waals surface area (Å²) < 4.78 is 0. The summed E-state index contributed by atoms with van der Waals surface area (Å²) in [7, 11) is 0. The van der Waals surface area contributed by atoms with Crippen molar-refractivity contribution < 1.29 is 0 Å². The molecular weight excluding hydrogens is 220 g/mol. The van der Waals surface area contributed by atoms with Crippen LogP contribution in [0.15, 0.2) is 36.7 Å². The summed E-state index contributed by atoms with van der Waals surface area (Å²) in [6.07, 6.45) is 8.01. The number of nitrogens with zero attached hydrogens (tertiary/aromatic N) is 1. The van der Waals surface area contributed by atoms with Crippen molar-refractivity contribution in [2.24, 2.45) is 23.5 Å². The fraction of sp³-hybridized carbons (Fsp3) is 0.438. The highest BCUT2D eigenvalue weighted by molar-refractivity contribution is 5.85. The van der Waals surface area contributed by atoms with Gasteiger partial charge < -0.3 is 5.73 Å². The first kappa shape index (κ1) is 10.5. The number of fused-ring (bicyclic) bond motifs is 2. The molecule has 0 amide bonds. The highest BCUT2D eigenvalue weighted by Gasteiger charge is 2.55. The molecule has 2 aliphatic rings. The van der Waals surface area contributed by atoms with Gasteiger partial charge in [0.1, 0.15) is 0 Å². The molecule has 2 nitrogen and oxygen atoms in total. The van der Waals surface area contributed by atoms with Gasteiger partial charge in [0.15, 0.2) is 0 Å². The summed E-state index contributed by atoms with van der Waals surface area (Å²) in [4.78, 5) is 4.25. The summed E-state index contributed by atoms with van der Waals surface area (Å²) in [6, 6.07) is 8.71. The van der Waals surface area contributed by atoms with Crippen LogP contribution in [0.1, 0.15) is 30.9 Å². The van der Waals surface area contributed by atoms with Crippen molar-refractivity contribution in [3.05, 3.63) is 42.2 Å². The molecule has 0 saturated heterocycles. The van der Waals surface area contributed by atoms with Gasteiger partial charge in [0, 0.05) is 23.8 Å². The topological polar surface area (TPSA) is 38.9 Å². The Kier molecular flexibility index (Phi) is 2.21. The first-order valence-corrected chi connectivity index (χ1v) is 6.94. The molecule has 0 radical (unpaired) electrons. The molecule has 0 bridgehead atoms. The molecule has 0 spiro atoms. The minimum absolute atomic E-state index is 0.202. The van der Waals surface area contributed by atoms with E-state index in [0.717, 1.165) is 17.8 Å². The lowest BCUT2D eigenvalue weighted by atomic mass is 9.94. The average molecular weight is 238 g/mol. The third kappa shape index (κ3) is 1.42. The molecule has 1 heterocycles. The number of aromatic nitrogens is 1. The predicted octanol–water partition coefficient (Wildman–Crippen LogP) is 3.28. The molecule has 1 aromatic heterocycles. The fourth-order valence-corrected chi connectivity index (χ4v) is 4.04. The standard InChI is InChI=1S/C16H18N2/c17-16(15-11-4-2-5-12(11)15)13-6-1-3-10-7-8-18-9-14(10)13/h1,3,6-9,11-12,15-16H,2,4-5,17H2. The van der Waals surface area contributed by atoms with Gasteiger partial charge in [-0.05, 0) is 47.6 Å². The van der Waals surface area contributed by atoms with E-state index in [4.69, 9.17) is 5.73 Å². The van der Waals surface area contributed by atoms with Crippen LogP contribution in [-0.4, -0.2) is 4.98 Å². The maximum absolute atomic E-state index is 6.53. The van der Waals surface area contributed by atoms with Gasteiger partial charge in [-0.15, -0.1) is 0 Å². The van der Waals surface area contributed by atoms with E-state index in [1.165, 1.54) is 35.6 Å².